The van der Waals surface area contributed by atoms with Crippen LogP contribution in [0.2, 0.25) is 0 Å². The SMILES string of the molecule is NC(c1csc2ccccc12)C1CC1C(=O)O. The summed E-state index contributed by atoms with van der Waals surface area (Å²) in [6, 6.07) is 7.97. The van der Waals surface area contributed by atoms with E-state index in [1.807, 2.05) is 12.1 Å². The van der Waals surface area contributed by atoms with E-state index in [-0.39, 0.29) is 17.9 Å². The highest BCUT2D eigenvalue weighted by Gasteiger charge is 2.47. The Hall–Kier alpha value is -1.39. The third kappa shape index (κ3) is 1.73. The number of hydrogen-bond donors (Lipinski definition) is 2. The van der Waals surface area contributed by atoms with Crippen molar-refractivity contribution in [3.8, 4) is 0 Å². The topological polar surface area (TPSA) is 63.3 Å². The number of benzene rings is 1. The number of carboxylic acids is 1. The van der Waals surface area contributed by atoms with Crippen molar-refractivity contribution < 1.29 is 9.90 Å². The Bertz CT molecular complexity index is 578. The van der Waals surface area contributed by atoms with Gasteiger partial charge < -0.3 is 10.8 Å². The molecule has 1 fully saturated rings. The van der Waals surface area contributed by atoms with E-state index in [2.05, 4.69) is 17.5 Å². The highest BCUT2D eigenvalue weighted by Crippen LogP contribution is 2.48. The molecule has 0 spiro atoms. The summed E-state index contributed by atoms with van der Waals surface area (Å²) in [5, 5.41) is 12.2. The monoisotopic (exact) mass is 247 g/mol. The van der Waals surface area contributed by atoms with Crippen molar-refractivity contribution in [2.45, 2.75) is 12.5 Å². The minimum Gasteiger partial charge on any atom is -0.481 e. The molecule has 3 rings (SSSR count). The molecule has 1 aliphatic carbocycles. The molecule has 1 heterocycles. The smallest absolute Gasteiger partial charge is 0.306 e. The number of carboxylic acid groups (broad SMARTS) is 1. The fourth-order valence-corrected chi connectivity index (χ4v) is 3.39. The van der Waals surface area contributed by atoms with Crippen LogP contribution in [0.3, 0.4) is 0 Å². The molecule has 3 nitrogen and oxygen atoms in total. The Kier molecular flexibility index (Phi) is 2.42. The molecule has 0 amide bonds. The van der Waals surface area contributed by atoms with Gasteiger partial charge in [-0.1, -0.05) is 18.2 Å². The molecule has 1 aliphatic rings. The van der Waals surface area contributed by atoms with Crippen LogP contribution in [0.15, 0.2) is 29.6 Å². The summed E-state index contributed by atoms with van der Waals surface area (Å²) in [5.41, 5.74) is 7.28. The molecule has 0 bridgehead atoms. The van der Waals surface area contributed by atoms with Crippen LogP contribution in [0.4, 0.5) is 0 Å². The van der Waals surface area contributed by atoms with E-state index < -0.39 is 5.97 Å². The lowest BCUT2D eigenvalue weighted by molar-refractivity contribution is -0.138. The third-order valence-electron chi connectivity index (χ3n) is 3.49. The van der Waals surface area contributed by atoms with Gasteiger partial charge in [0, 0.05) is 10.7 Å². The first-order valence-electron chi connectivity index (χ1n) is 5.63. The van der Waals surface area contributed by atoms with E-state index in [0.717, 1.165) is 5.56 Å². The summed E-state index contributed by atoms with van der Waals surface area (Å²) in [6.07, 6.45) is 0.709. The number of thiophene rings is 1. The maximum absolute atomic E-state index is 10.9. The average molecular weight is 247 g/mol. The summed E-state index contributed by atoms with van der Waals surface area (Å²) < 4.78 is 1.21. The van der Waals surface area contributed by atoms with E-state index in [4.69, 9.17) is 10.8 Å². The normalized spacial score (nSPS) is 24.8. The van der Waals surface area contributed by atoms with Crippen LogP contribution in [-0.2, 0) is 4.79 Å². The van der Waals surface area contributed by atoms with Gasteiger partial charge in [0.05, 0.1) is 5.92 Å². The second-order valence-corrected chi connectivity index (χ2v) is 5.47. The van der Waals surface area contributed by atoms with Gasteiger partial charge in [-0.2, -0.15) is 0 Å². The zero-order valence-electron chi connectivity index (χ0n) is 9.17. The number of nitrogens with two attached hydrogens (primary N) is 1. The molecule has 0 radical (unpaired) electrons. The standard InChI is InChI=1S/C13H13NO2S/c14-12(8-5-9(8)13(15)16)10-6-17-11-4-2-1-3-7(10)11/h1-4,6,8-9,12H,5,14H2,(H,15,16). The number of hydrogen-bond acceptors (Lipinski definition) is 3. The molecule has 0 aliphatic heterocycles. The fourth-order valence-electron chi connectivity index (χ4n) is 2.38. The number of aliphatic carboxylic acids is 1. The van der Waals surface area contributed by atoms with Crippen LogP contribution in [0.1, 0.15) is 18.0 Å². The predicted octanol–water partition coefficient (Wildman–Crippen LogP) is 2.62. The van der Waals surface area contributed by atoms with Crippen LogP contribution >= 0.6 is 11.3 Å². The molecule has 4 heteroatoms. The van der Waals surface area contributed by atoms with E-state index in [1.165, 1.54) is 10.1 Å². The van der Waals surface area contributed by atoms with E-state index in [9.17, 15) is 4.79 Å². The summed E-state index contributed by atoms with van der Waals surface area (Å²) in [5.74, 6) is -0.862. The quantitative estimate of drug-likeness (QED) is 0.876. The zero-order valence-corrected chi connectivity index (χ0v) is 9.98. The van der Waals surface area contributed by atoms with Crippen molar-refractivity contribution in [1.29, 1.82) is 0 Å². The largest absolute Gasteiger partial charge is 0.481 e. The second kappa shape index (κ2) is 3.82. The Balaban J connectivity index is 1.92. The lowest BCUT2D eigenvalue weighted by atomic mass is 10.0. The third-order valence-corrected chi connectivity index (χ3v) is 4.47. The molecular weight excluding hydrogens is 234 g/mol. The average Bonchev–Trinajstić information content (AvgIpc) is 3.02. The molecule has 1 aromatic carbocycles. The highest BCUT2D eigenvalue weighted by atomic mass is 32.1. The van der Waals surface area contributed by atoms with Gasteiger partial charge in [-0.25, -0.2) is 0 Å². The van der Waals surface area contributed by atoms with Gasteiger partial charge in [0.25, 0.3) is 0 Å². The summed E-state index contributed by atoms with van der Waals surface area (Å²) in [6.45, 7) is 0. The minimum atomic E-state index is -0.718. The van der Waals surface area contributed by atoms with Crippen LogP contribution < -0.4 is 5.73 Å². The van der Waals surface area contributed by atoms with Crippen LogP contribution in [0, 0.1) is 11.8 Å². The summed E-state index contributed by atoms with van der Waals surface area (Å²) in [7, 11) is 0. The van der Waals surface area contributed by atoms with Crippen LogP contribution in [0.25, 0.3) is 10.1 Å². The maximum Gasteiger partial charge on any atom is 0.306 e. The molecule has 1 saturated carbocycles. The van der Waals surface area contributed by atoms with Gasteiger partial charge in [0.1, 0.15) is 0 Å². The van der Waals surface area contributed by atoms with Crippen LogP contribution in [-0.4, -0.2) is 11.1 Å². The first kappa shape index (κ1) is 10.7. The van der Waals surface area contributed by atoms with Crippen molar-refractivity contribution in [3.05, 3.63) is 35.2 Å². The lowest BCUT2D eigenvalue weighted by Gasteiger charge is -2.09. The van der Waals surface area contributed by atoms with Crippen molar-refractivity contribution in [1.82, 2.24) is 0 Å². The van der Waals surface area contributed by atoms with Crippen molar-refractivity contribution in [3.63, 3.8) is 0 Å². The Labute approximate surface area is 103 Å². The second-order valence-electron chi connectivity index (χ2n) is 4.56. The van der Waals surface area contributed by atoms with Gasteiger partial charge in [-0.3, -0.25) is 4.79 Å². The minimum absolute atomic E-state index is 0.102. The lowest BCUT2D eigenvalue weighted by Crippen LogP contribution is -2.15. The van der Waals surface area contributed by atoms with E-state index >= 15 is 0 Å². The number of rotatable bonds is 3. The molecule has 3 atom stereocenters. The zero-order chi connectivity index (χ0) is 12.0. The van der Waals surface area contributed by atoms with Gasteiger partial charge in [-0.05, 0) is 34.7 Å². The van der Waals surface area contributed by atoms with Gasteiger partial charge >= 0.3 is 5.97 Å². The Morgan fingerprint density at radius 3 is 2.94 bits per heavy atom. The maximum atomic E-state index is 10.9. The van der Waals surface area contributed by atoms with Crippen LogP contribution in [0.5, 0.6) is 0 Å². The summed E-state index contributed by atoms with van der Waals surface area (Å²) in [4.78, 5) is 10.9. The van der Waals surface area contributed by atoms with Gasteiger partial charge in [0.15, 0.2) is 0 Å². The molecule has 3 unspecified atom stereocenters. The van der Waals surface area contributed by atoms with E-state index in [0.29, 0.717) is 6.42 Å². The number of fused-ring (bicyclic) bond motifs is 1. The Morgan fingerprint density at radius 1 is 1.47 bits per heavy atom. The predicted molar refractivity (Wildman–Crippen MR) is 68.0 cm³/mol. The molecule has 3 N–H and O–H groups in total. The number of carbonyl (C=O) groups is 1. The molecule has 17 heavy (non-hydrogen) atoms. The highest BCUT2D eigenvalue weighted by molar-refractivity contribution is 7.17. The van der Waals surface area contributed by atoms with Gasteiger partial charge in [0.2, 0.25) is 0 Å². The first-order valence-corrected chi connectivity index (χ1v) is 6.51. The molecule has 88 valence electrons. The molecule has 2 aromatic rings. The molecule has 1 aromatic heterocycles. The Morgan fingerprint density at radius 2 is 2.24 bits per heavy atom. The molecule has 0 saturated heterocycles. The van der Waals surface area contributed by atoms with Crippen molar-refractivity contribution in [2.24, 2.45) is 17.6 Å². The fraction of sp³-hybridized carbons (Fsp3) is 0.308. The van der Waals surface area contributed by atoms with Crippen molar-refractivity contribution in [2.75, 3.05) is 0 Å². The first-order chi connectivity index (χ1) is 8.18. The summed E-state index contributed by atoms with van der Waals surface area (Å²) >= 11 is 1.67. The van der Waals surface area contributed by atoms with Gasteiger partial charge in [-0.15, -0.1) is 11.3 Å². The van der Waals surface area contributed by atoms with Crippen molar-refractivity contribution >= 4 is 27.4 Å². The van der Waals surface area contributed by atoms with E-state index in [1.54, 1.807) is 11.3 Å². The molecular formula is C13H13NO2S.